The predicted octanol–water partition coefficient (Wildman–Crippen LogP) is 8.29. The molecule has 9 rings (SSSR count). The van der Waals surface area contributed by atoms with Crippen LogP contribution in [0.5, 0.6) is 11.5 Å². The van der Waals surface area contributed by atoms with Gasteiger partial charge >= 0.3 is 0 Å². The molecule has 5 heteroatoms. The highest BCUT2D eigenvalue weighted by Gasteiger charge is 2.39. The zero-order valence-electron chi connectivity index (χ0n) is 23.2. The Morgan fingerprint density at radius 3 is 2.57 bits per heavy atom. The van der Waals surface area contributed by atoms with Crippen molar-refractivity contribution in [3.05, 3.63) is 131 Å². The van der Waals surface area contributed by atoms with Gasteiger partial charge in [-0.1, -0.05) is 54.6 Å². The smallest absolute Gasteiger partial charge is 0.217 e. The second kappa shape index (κ2) is 9.31. The van der Waals surface area contributed by atoms with E-state index in [1.807, 2.05) is 24.3 Å². The number of aromatic nitrogens is 2. The monoisotopic (exact) mass is 547 g/mol. The summed E-state index contributed by atoms with van der Waals surface area (Å²) in [4.78, 5) is 10.1. The van der Waals surface area contributed by atoms with Crippen LogP contribution < -0.4 is 4.74 Å². The van der Waals surface area contributed by atoms with Gasteiger partial charge < -0.3 is 9.47 Å². The summed E-state index contributed by atoms with van der Waals surface area (Å²) in [6.45, 7) is 0. The van der Waals surface area contributed by atoms with Gasteiger partial charge in [-0.2, -0.15) is 0 Å². The van der Waals surface area contributed by atoms with Crippen LogP contribution in [0.15, 0.2) is 108 Å². The van der Waals surface area contributed by atoms with E-state index in [2.05, 4.69) is 83.4 Å². The fourth-order valence-electron chi connectivity index (χ4n) is 7.02. The Morgan fingerprint density at radius 2 is 1.57 bits per heavy atom. The van der Waals surface area contributed by atoms with Crippen LogP contribution in [-0.4, -0.2) is 21.6 Å². The molecule has 0 amide bonds. The average Bonchev–Trinajstić information content (AvgIpc) is 3.70. The summed E-state index contributed by atoms with van der Waals surface area (Å²) in [7, 11) is 0. The molecule has 0 fully saturated rings. The maximum atomic E-state index is 6.47. The van der Waals surface area contributed by atoms with Crippen molar-refractivity contribution in [2.24, 2.45) is 4.99 Å². The molecule has 5 nitrogen and oxygen atoms in total. The van der Waals surface area contributed by atoms with Crippen LogP contribution in [0.4, 0.5) is 0 Å². The largest absolute Gasteiger partial charge is 0.471 e. The third kappa shape index (κ3) is 3.77. The van der Waals surface area contributed by atoms with Gasteiger partial charge in [0.25, 0.3) is 0 Å². The highest BCUT2D eigenvalue weighted by Crippen LogP contribution is 2.41. The molecular weight excluding hydrogens is 518 g/mol. The third-order valence-electron chi connectivity index (χ3n) is 9.02. The standard InChI is InChI=1S/C37H29N3O2/c1-3-12-28-24(9-1)21-34-36(28)39-37(42-34)25-10-7-11-26(20-25)41-27-17-18-30-29-13-4-6-15-32(29)40(33(30)22-27)35-19-16-23-8-2-5-14-31(23)38-35/h1,3-4,6-7,9-13,15-20,22,34,36H,2,5,8,14,21H2/t34-,36+/m0/s1. The van der Waals surface area contributed by atoms with Crippen LogP contribution in [0.25, 0.3) is 27.6 Å². The first kappa shape index (κ1) is 23.8. The van der Waals surface area contributed by atoms with Crippen molar-refractivity contribution in [1.29, 1.82) is 0 Å². The number of benzene rings is 4. The summed E-state index contributed by atoms with van der Waals surface area (Å²) < 4.78 is 15.1. The van der Waals surface area contributed by atoms with Crippen LogP contribution >= 0.6 is 0 Å². The molecular formula is C37H29N3O2. The lowest BCUT2D eigenvalue weighted by Crippen LogP contribution is -2.13. The highest BCUT2D eigenvalue weighted by atomic mass is 16.5. The van der Waals surface area contributed by atoms with Crippen LogP contribution in [0.1, 0.15) is 46.8 Å². The normalized spacial score (nSPS) is 18.8. The van der Waals surface area contributed by atoms with E-state index in [9.17, 15) is 0 Å². The summed E-state index contributed by atoms with van der Waals surface area (Å²) in [5, 5.41) is 2.40. The number of nitrogens with zero attached hydrogens (tertiary/aromatic N) is 3. The van der Waals surface area contributed by atoms with Crippen molar-refractivity contribution >= 4 is 27.7 Å². The molecule has 3 heterocycles. The van der Waals surface area contributed by atoms with E-state index in [0.717, 1.165) is 53.2 Å². The second-order valence-electron chi connectivity index (χ2n) is 11.6. The molecule has 2 aromatic heterocycles. The lowest BCUT2D eigenvalue weighted by Gasteiger charge is -2.16. The maximum absolute atomic E-state index is 6.47. The molecule has 2 aliphatic carbocycles. The van der Waals surface area contributed by atoms with Gasteiger partial charge in [0.05, 0.1) is 11.0 Å². The Morgan fingerprint density at radius 1 is 0.714 bits per heavy atom. The molecule has 42 heavy (non-hydrogen) atoms. The van der Waals surface area contributed by atoms with Crippen molar-refractivity contribution in [1.82, 2.24) is 9.55 Å². The fourth-order valence-corrected chi connectivity index (χ4v) is 7.02. The highest BCUT2D eigenvalue weighted by molar-refractivity contribution is 6.09. The zero-order chi connectivity index (χ0) is 27.6. The van der Waals surface area contributed by atoms with Crippen LogP contribution in [-0.2, 0) is 24.0 Å². The predicted molar refractivity (Wildman–Crippen MR) is 166 cm³/mol. The van der Waals surface area contributed by atoms with E-state index in [0.29, 0.717) is 5.90 Å². The first-order valence-corrected chi connectivity index (χ1v) is 14.9. The number of rotatable bonds is 4. The van der Waals surface area contributed by atoms with E-state index in [1.54, 1.807) is 0 Å². The second-order valence-corrected chi connectivity index (χ2v) is 11.6. The summed E-state index contributed by atoms with van der Waals surface area (Å²) in [5.41, 5.74) is 8.42. The average molecular weight is 548 g/mol. The van der Waals surface area contributed by atoms with Gasteiger partial charge in [-0.15, -0.1) is 0 Å². The Hall–Kier alpha value is -4.90. The maximum Gasteiger partial charge on any atom is 0.217 e. The molecule has 6 aromatic rings. The van der Waals surface area contributed by atoms with E-state index in [1.165, 1.54) is 46.0 Å². The SMILES string of the molecule is c1cc(Oc2ccc3c4ccccc4n(-c4ccc5c(n4)CCCC5)c3c2)cc(C2=N[C@@H]3c4ccccc4C[C@@H]3O2)c1. The van der Waals surface area contributed by atoms with Gasteiger partial charge in [-0.3, -0.25) is 4.57 Å². The molecule has 4 aromatic carbocycles. The molecule has 0 saturated carbocycles. The Kier molecular flexibility index (Phi) is 5.27. The molecule has 0 bridgehead atoms. The number of aryl methyl sites for hydroxylation is 2. The van der Waals surface area contributed by atoms with Crippen molar-refractivity contribution in [3.8, 4) is 17.3 Å². The minimum Gasteiger partial charge on any atom is -0.471 e. The van der Waals surface area contributed by atoms with E-state index in [-0.39, 0.29) is 12.1 Å². The fraction of sp³-hybridized carbons (Fsp3) is 0.189. The van der Waals surface area contributed by atoms with Crippen molar-refractivity contribution < 1.29 is 9.47 Å². The number of aliphatic imine (C=N–C) groups is 1. The molecule has 2 atom stereocenters. The quantitative estimate of drug-likeness (QED) is 0.223. The topological polar surface area (TPSA) is 48.6 Å². The molecule has 0 spiro atoms. The lowest BCUT2D eigenvalue weighted by molar-refractivity contribution is 0.206. The first-order valence-electron chi connectivity index (χ1n) is 14.9. The minimum atomic E-state index is 0.0716. The van der Waals surface area contributed by atoms with Gasteiger partial charge in [-0.25, -0.2) is 9.98 Å². The number of fused-ring (bicyclic) bond motifs is 7. The summed E-state index contributed by atoms with van der Waals surface area (Å²) in [6, 6.07) is 36.0. The Labute approximate surface area is 244 Å². The molecule has 1 aliphatic heterocycles. The van der Waals surface area contributed by atoms with E-state index < -0.39 is 0 Å². The van der Waals surface area contributed by atoms with Crippen molar-refractivity contribution in [2.75, 3.05) is 0 Å². The Balaban J connectivity index is 1.08. The number of hydrogen-bond donors (Lipinski definition) is 0. The zero-order valence-corrected chi connectivity index (χ0v) is 23.2. The lowest BCUT2D eigenvalue weighted by atomic mass is 9.96. The molecule has 204 valence electrons. The summed E-state index contributed by atoms with van der Waals surface area (Å²) in [5.74, 6) is 3.19. The van der Waals surface area contributed by atoms with Gasteiger partial charge in [-0.05, 0) is 84.8 Å². The number of ether oxygens (including phenoxy) is 2. The first-order chi connectivity index (χ1) is 20.8. The van der Waals surface area contributed by atoms with Crippen molar-refractivity contribution in [3.63, 3.8) is 0 Å². The van der Waals surface area contributed by atoms with Crippen LogP contribution in [0, 0.1) is 0 Å². The van der Waals surface area contributed by atoms with Crippen molar-refractivity contribution in [2.45, 2.75) is 44.2 Å². The molecule has 0 saturated heterocycles. The van der Waals surface area contributed by atoms with E-state index >= 15 is 0 Å². The van der Waals surface area contributed by atoms with Crippen LogP contribution in [0.2, 0.25) is 0 Å². The van der Waals surface area contributed by atoms with Gasteiger partial charge in [0, 0.05) is 34.5 Å². The molecule has 0 N–H and O–H groups in total. The van der Waals surface area contributed by atoms with E-state index in [4.69, 9.17) is 19.5 Å². The third-order valence-corrected chi connectivity index (χ3v) is 9.02. The Bertz CT molecular complexity index is 2060. The minimum absolute atomic E-state index is 0.0716. The molecule has 3 aliphatic rings. The molecule has 0 unspecified atom stereocenters. The summed E-state index contributed by atoms with van der Waals surface area (Å²) >= 11 is 0. The number of pyridine rings is 1. The van der Waals surface area contributed by atoms with Crippen LogP contribution in [0.3, 0.4) is 0 Å². The number of para-hydroxylation sites is 1. The van der Waals surface area contributed by atoms with Gasteiger partial charge in [0.1, 0.15) is 29.5 Å². The molecule has 0 radical (unpaired) electrons. The van der Waals surface area contributed by atoms with Gasteiger partial charge in [0.2, 0.25) is 5.90 Å². The van der Waals surface area contributed by atoms with Gasteiger partial charge in [0.15, 0.2) is 0 Å². The number of hydrogen-bond acceptors (Lipinski definition) is 4. The summed E-state index contributed by atoms with van der Waals surface area (Å²) in [6.07, 6.45) is 5.60.